The summed E-state index contributed by atoms with van der Waals surface area (Å²) in [5, 5.41) is 13.3. The van der Waals surface area contributed by atoms with E-state index in [1.54, 1.807) is 17.7 Å². The highest BCUT2D eigenvalue weighted by Gasteiger charge is 2.29. The minimum absolute atomic E-state index is 0.606. The van der Waals surface area contributed by atoms with Crippen molar-refractivity contribution in [1.82, 2.24) is 9.97 Å². The summed E-state index contributed by atoms with van der Waals surface area (Å²) in [4.78, 5) is 11.8. The van der Waals surface area contributed by atoms with Gasteiger partial charge in [0, 0.05) is 13.1 Å². The highest BCUT2D eigenvalue weighted by atomic mass is 32.1. The Balaban J connectivity index is 2.00. The van der Waals surface area contributed by atoms with E-state index in [9.17, 15) is 5.11 Å². The van der Waals surface area contributed by atoms with Gasteiger partial charge in [-0.2, -0.15) is 0 Å². The van der Waals surface area contributed by atoms with Crippen LogP contribution < -0.4 is 4.90 Å². The molecule has 3 rings (SSSR count). The van der Waals surface area contributed by atoms with Gasteiger partial charge in [-0.1, -0.05) is 0 Å². The molecular weight excluding hydrogens is 234 g/mol. The summed E-state index contributed by atoms with van der Waals surface area (Å²) in [5.41, 5.74) is -0.606. The van der Waals surface area contributed by atoms with Crippen LogP contribution in [0.1, 0.15) is 19.8 Å². The first kappa shape index (κ1) is 10.9. The van der Waals surface area contributed by atoms with E-state index in [0.29, 0.717) is 6.54 Å². The molecular formula is C12H15N3OS. The Bertz CT molecular complexity index is 537. The molecule has 0 aliphatic carbocycles. The van der Waals surface area contributed by atoms with Crippen LogP contribution in [-0.2, 0) is 0 Å². The Morgan fingerprint density at radius 1 is 1.47 bits per heavy atom. The molecule has 3 heterocycles. The van der Waals surface area contributed by atoms with Gasteiger partial charge in [0.15, 0.2) is 0 Å². The summed E-state index contributed by atoms with van der Waals surface area (Å²) < 4.78 is 0. The smallest absolute Gasteiger partial charge is 0.140 e. The normalized spacial score (nSPS) is 25.4. The van der Waals surface area contributed by atoms with Crippen molar-refractivity contribution >= 4 is 27.4 Å². The predicted molar refractivity (Wildman–Crippen MR) is 69.5 cm³/mol. The van der Waals surface area contributed by atoms with Crippen molar-refractivity contribution in [3.05, 3.63) is 17.8 Å². The first-order valence-electron chi connectivity index (χ1n) is 5.81. The minimum Gasteiger partial charge on any atom is -0.388 e. The minimum atomic E-state index is -0.606. The highest BCUT2D eigenvalue weighted by Crippen LogP contribution is 2.30. The van der Waals surface area contributed by atoms with Crippen molar-refractivity contribution in [2.24, 2.45) is 0 Å². The third-order valence-corrected chi connectivity index (χ3v) is 4.04. The van der Waals surface area contributed by atoms with Gasteiger partial charge >= 0.3 is 0 Å². The third-order valence-electron chi connectivity index (χ3n) is 3.22. The monoisotopic (exact) mass is 249 g/mol. The van der Waals surface area contributed by atoms with E-state index in [2.05, 4.69) is 20.9 Å². The molecule has 0 radical (unpaired) electrons. The zero-order chi connectivity index (χ0) is 11.9. The Morgan fingerprint density at radius 2 is 2.35 bits per heavy atom. The summed E-state index contributed by atoms with van der Waals surface area (Å²) in [5.74, 6) is 0.955. The van der Waals surface area contributed by atoms with Crippen LogP contribution in [0.5, 0.6) is 0 Å². The van der Waals surface area contributed by atoms with Gasteiger partial charge in [-0.15, -0.1) is 11.3 Å². The van der Waals surface area contributed by atoms with Crippen molar-refractivity contribution in [1.29, 1.82) is 0 Å². The second-order valence-electron chi connectivity index (χ2n) is 4.86. The van der Waals surface area contributed by atoms with E-state index >= 15 is 0 Å². The summed E-state index contributed by atoms with van der Waals surface area (Å²) in [7, 11) is 0. The molecule has 2 aromatic heterocycles. The maximum Gasteiger partial charge on any atom is 0.140 e. The lowest BCUT2D eigenvalue weighted by atomic mass is 9.95. The van der Waals surface area contributed by atoms with Crippen LogP contribution in [0.3, 0.4) is 0 Å². The SMILES string of the molecule is CC1(O)CCCN(c2ncnc3sccc23)C1. The van der Waals surface area contributed by atoms with Gasteiger partial charge in [0.05, 0.1) is 11.0 Å². The largest absolute Gasteiger partial charge is 0.388 e. The number of aliphatic hydroxyl groups is 1. The van der Waals surface area contributed by atoms with Crippen LogP contribution in [0, 0.1) is 0 Å². The zero-order valence-corrected chi connectivity index (χ0v) is 10.6. The lowest BCUT2D eigenvalue weighted by Crippen LogP contribution is -2.46. The Kier molecular flexibility index (Phi) is 2.52. The molecule has 5 heteroatoms. The maximum atomic E-state index is 10.1. The van der Waals surface area contributed by atoms with Gasteiger partial charge in [-0.05, 0) is 31.2 Å². The molecule has 17 heavy (non-hydrogen) atoms. The Labute approximate surface area is 104 Å². The Morgan fingerprint density at radius 3 is 3.18 bits per heavy atom. The van der Waals surface area contributed by atoms with Crippen LogP contribution in [0.4, 0.5) is 5.82 Å². The maximum absolute atomic E-state index is 10.1. The average Bonchev–Trinajstić information content (AvgIpc) is 2.75. The van der Waals surface area contributed by atoms with Crippen LogP contribution in [0.25, 0.3) is 10.2 Å². The van der Waals surface area contributed by atoms with Crippen molar-refractivity contribution in [2.45, 2.75) is 25.4 Å². The van der Waals surface area contributed by atoms with Crippen molar-refractivity contribution in [2.75, 3.05) is 18.0 Å². The molecule has 90 valence electrons. The molecule has 1 unspecified atom stereocenters. The van der Waals surface area contributed by atoms with Gasteiger partial charge in [-0.25, -0.2) is 9.97 Å². The van der Waals surface area contributed by atoms with E-state index in [1.165, 1.54) is 0 Å². The third kappa shape index (κ3) is 2.00. The molecule has 1 N–H and O–H groups in total. The number of hydrogen-bond acceptors (Lipinski definition) is 5. The van der Waals surface area contributed by atoms with Gasteiger partial charge in [0.2, 0.25) is 0 Å². The molecule has 1 atom stereocenters. The van der Waals surface area contributed by atoms with E-state index in [-0.39, 0.29) is 0 Å². The molecule has 0 spiro atoms. The fourth-order valence-electron chi connectivity index (χ4n) is 2.43. The average molecular weight is 249 g/mol. The van der Waals surface area contributed by atoms with Gasteiger partial charge < -0.3 is 10.0 Å². The number of thiophene rings is 1. The van der Waals surface area contributed by atoms with E-state index < -0.39 is 5.60 Å². The second kappa shape index (κ2) is 3.92. The number of fused-ring (bicyclic) bond motifs is 1. The first-order chi connectivity index (χ1) is 8.16. The van der Waals surface area contributed by atoms with E-state index in [0.717, 1.165) is 35.4 Å². The van der Waals surface area contributed by atoms with Gasteiger partial charge in [-0.3, -0.25) is 0 Å². The second-order valence-corrected chi connectivity index (χ2v) is 5.75. The number of hydrogen-bond donors (Lipinski definition) is 1. The van der Waals surface area contributed by atoms with Crippen molar-refractivity contribution in [3.8, 4) is 0 Å². The number of rotatable bonds is 1. The summed E-state index contributed by atoms with van der Waals surface area (Å²) in [6.07, 6.45) is 3.47. The molecule has 1 fully saturated rings. The predicted octanol–water partition coefficient (Wildman–Crippen LogP) is 2.04. The van der Waals surface area contributed by atoms with Gasteiger partial charge in [0.25, 0.3) is 0 Å². The number of aromatic nitrogens is 2. The lowest BCUT2D eigenvalue weighted by molar-refractivity contribution is 0.0448. The summed E-state index contributed by atoms with van der Waals surface area (Å²) in [6, 6.07) is 2.05. The van der Waals surface area contributed by atoms with Crippen LogP contribution in [-0.4, -0.2) is 33.8 Å². The molecule has 1 saturated heterocycles. The topological polar surface area (TPSA) is 49.2 Å². The molecule has 1 aliphatic heterocycles. The number of nitrogens with zero attached hydrogens (tertiary/aromatic N) is 3. The number of piperidine rings is 1. The van der Waals surface area contributed by atoms with E-state index in [1.807, 2.05) is 12.3 Å². The van der Waals surface area contributed by atoms with Crippen LogP contribution in [0.15, 0.2) is 17.8 Å². The van der Waals surface area contributed by atoms with E-state index in [4.69, 9.17) is 0 Å². The first-order valence-corrected chi connectivity index (χ1v) is 6.69. The number of anilines is 1. The van der Waals surface area contributed by atoms with Crippen molar-refractivity contribution < 1.29 is 5.11 Å². The molecule has 2 aromatic rings. The molecule has 0 aromatic carbocycles. The highest BCUT2D eigenvalue weighted by molar-refractivity contribution is 7.16. The fraction of sp³-hybridized carbons (Fsp3) is 0.500. The molecule has 0 amide bonds. The Hall–Kier alpha value is -1.20. The molecule has 4 nitrogen and oxygen atoms in total. The van der Waals surface area contributed by atoms with Crippen LogP contribution >= 0.6 is 11.3 Å². The standard InChI is InChI=1S/C12H15N3OS/c1-12(16)4-2-5-15(7-12)10-9-3-6-17-11(9)14-8-13-10/h3,6,8,16H,2,4-5,7H2,1H3. The molecule has 0 bridgehead atoms. The number of β-amino-alcohol motifs (C(OH)–C–C–N with tert-alkyl or cyclic N) is 1. The lowest BCUT2D eigenvalue weighted by Gasteiger charge is -2.37. The van der Waals surface area contributed by atoms with Crippen LogP contribution in [0.2, 0.25) is 0 Å². The molecule has 1 aliphatic rings. The van der Waals surface area contributed by atoms with Gasteiger partial charge in [0.1, 0.15) is 17.0 Å². The zero-order valence-electron chi connectivity index (χ0n) is 9.76. The fourth-order valence-corrected chi connectivity index (χ4v) is 3.16. The van der Waals surface area contributed by atoms with Crippen molar-refractivity contribution in [3.63, 3.8) is 0 Å². The summed E-state index contributed by atoms with van der Waals surface area (Å²) >= 11 is 1.63. The summed E-state index contributed by atoms with van der Waals surface area (Å²) in [6.45, 7) is 3.50. The molecule has 0 saturated carbocycles. The quantitative estimate of drug-likeness (QED) is 0.840.